The molecule has 2 fully saturated rings. The number of hydrogen-bond donors (Lipinski definition) is 2. The summed E-state index contributed by atoms with van der Waals surface area (Å²) >= 11 is 0. The highest BCUT2D eigenvalue weighted by Crippen LogP contribution is 2.29. The summed E-state index contributed by atoms with van der Waals surface area (Å²) in [7, 11) is 0. The monoisotopic (exact) mass is 239 g/mol. The molecular weight excluding hydrogens is 214 g/mol. The summed E-state index contributed by atoms with van der Waals surface area (Å²) in [5, 5.41) is 12.7. The minimum atomic E-state index is -0.193. The molecule has 17 heavy (non-hydrogen) atoms. The molecule has 0 aliphatic heterocycles. The zero-order valence-corrected chi connectivity index (χ0v) is 10.8. The molecule has 0 aromatic carbocycles. The molecule has 2 aliphatic rings. The number of carbonyl (C=O) groups is 1. The minimum absolute atomic E-state index is 0.193. The Morgan fingerprint density at radius 3 is 2.47 bits per heavy atom. The highest BCUT2D eigenvalue weighted by atomic mass is 16.3. The topological polar surface area (TPSA) is 49.3 Å². The largest absolute Gasteiger partial charge is 0.393 e. The third-order valence-corrected chi connectivity index (χ3v) is 4.54. The molecule has 3 heteroatoms. The predicted octanol–water partition coefficient (Wildman–Crippen LogP) is 2.09. The van der Waals surface area contributed by atoms with Crippen molar-refractivity contribution in [2.24, 2.45) is 17.8 Å². The third-order valence-electron chi connectivity index (χ3n) is 4.54. The van der Waals surface area contributed by atoms with Crippen LogP contribution in [0, 0.1) is 17.8 Å². The SMILES string of the molecule is CC1CCC(C(=O)NCC2CCCC2O)CC1. The average Bonchev–Trinajstić information content (AvgIpc) is 2.73. The highest BCUT2D eigenvalue weighted by molar-refractivity contribution is 5.78. The van der Waals surface area contributed by atoms with E-state index in [-0.39, 0.29) is 17.9 Å². The summed E-state index contributed by atoms with van der Waals surface area (Å²) in [4.78, 5) is 12.0. The van der Waals surface area contributed by atoms with Crippen LogP contribution in [0.4, 0.5) is 0 Å². The van der Waals surface area contributed by atoms with E-state index in [9.17, 15) is 9.90 Å². The first-order valence-corrected chi connectivity index (χ1v) is 7.12. The number of amides is 1. The number of rotatable bonds is 3. The minimum Gasteiger partial charge on any atom is -0.393 e. The van der Waals surface area contributed by atoms with Gasteiger partial charge in [-0.25, -0.2) is 0 Å². The van der Waals surface area contributed by atoms with Gasteiger partial charge in [0.15, 0.2) is 0 Å². The molecule has 98 valence electrons. The lowest BCUT2D eigenvalue weighted by molar-refractivity contribution is -0.126. The number of aliphatic hydroxyl groups excluding tert-OH is 1. The Bertz CT molecular complexity index is 259. The average molecular weight is 239 g/mol. The molecule has 0 aromatic rings. The standard InChI is InChI=1S/C14H25NO2/c1-10-5-7-11(8-6-10)14(17)15-9-12-3-2-4-13(12)16/h10-13,16H,2-9H2,1H3,(H,15,17). The molecule has 0 saturated heterocycles. The summed E-state index contributed by atoms with van der Waals surface area (Å²) in [5.41, 5.74) is 0. The van der Waals surface area contributed by atoms with Crippen LogP contribution in [0.2, 0.25) is 0 Å². The van der Waals surface area contributed by atoms with Gasteiger partial charge in [0, 0.05) is 18.4 Å². The smallest absolute Gasteiger partial charge is 0.223 e. The van der Waals surface area contributed by atoms with Gasteiger partial charge in [-0.2, -0.15) is 0 Å². The van der Waals surface area contributed by atoms with Crippen LogP contribution < -0.4 is 5.32 Å². The Balaban J connectivity index is 1.70. The molecule has 2 saturated carbocycles. The third kappa shape index (κ3) is 3.44. The lowest BCUT2D eigenvalue weighted by Gasteiger charge is -2.26. The molecule has 2 unspecified atom stereocenters. The first-order chi connectivity index (χ1) is 8.16. The fourth-order valence-corrected chi connectivity index (χ4v) is 3.15. The van der Waals surface area contributed by atoms with Crippen molar-refractivity contribution in [3.8, 4) is 0 Å². The normalized spacial score (nSPS) is 38.0. The van der Waals surface area contributed by atoms with Crippen LogP contribution in [-0.2, 0) is 4.79 Å². The zero-order valence-electron chi connectivity index (χ0n) is 10.8. The molecule has 0 bridgehead atoms. The molecule has 2 N–H and O–H groups in total. The van der Waals surface area contributed by atoms with Crippen LogP contribution >= 0.6 is 0 Å². The van der Waals surface area contributed by atoms with Crippen LogP contribution in [0.25, 0.3) is 0 Å². The van der Waals surface area contributed by atoms with Gasteiger partial charge >= 0.3 is 0 Å². The lowest BCUT2D eigenvalue weighted by atomic mass is 9.82. The fourth-order valence-electron chi connectivity index (χ4n) is 3.15. The van der Waals surface area contributed by atoms with E-state index >= 15 is 0 Å². The first-order valence-electron chi connectivity index (χ1n) is 7.12. The molecular formula is C14H25NO2. The number of nitrogens with one attached hydrogen (secondary N) is 1. The Kier molecular flexibility index (Phi) is 4.43. The number of hydrogen-bond acceptors (Lipinski definition) is 2. The van der Waals surface area contributed by atoms with E-state index in [4.69, 9.17) is 0 Å². The van der Waals surface area contributed by atoms with Crippen molar-refractivity contribution in [2.45, 2.75) is 58.0 Å². The van der Waals surface area contributed by atoms with Crippen molar-refractivity contribution >= 4 is 5.91 Å². The second-order valence-corrected chi connectivity index (χ2v) is 5.96. The molecule has 0 radical (unpaired) electrons. The van der Waals surface area contributed by atoms with Crippen LogP contribution in [0.5, 0.6) is 0 Å². The van der Waals surface area contributed by atoms with Crippen LogP contribution in [0.15, 0.2) is 0 Å². The molecule has 0 heterocycles. The van der Waals surface area contributed by atoms with Gasteiger partial charge in [-0.1, -0.05) is 13.3 Å². The van der Waals surface area contributed by atoms with Gasteiger partial charge in [0.2, 0.25) is 5.91 Å². The summed E-state index contributed by atoms with van der Waals surface area (Å²) in [5.74, 6) is 1.53. The van der Waals surface area contributed by atoms with Crippen molar-refractivity contribution in [3.05, 3.63) is 0 Å². The quantitative estimate of drug-likeness (QED) is 0.792. The van der Waals surface area contributed by atoms with Crippen molar-refractivity contribution in [1.82, 2.24) is 5.32 Å². The van der Waals surface area contributed by atoms with E-state index in [1.807, 2.05) is 0 Å². The fraction of sp³-hybridized carbons (Fsp3) is 0.929. The second-order valence-electron chi connectivity index (χ2n) is 5.96. The Labute approximate surface area is 104 Å². The second kappa shape index (κ2) is 5.85. The number of carbonyl (C=O) groups excluding carboxylic acids is 1. The van der Waals surface area contributed by atoms with Gasteiger partial charge in [-0.05, 0) is 44.4 Å². The van der Waals surface area contributed by atoms with E-state index in [0.717, 1.165) is 38.0 Å². The summed E-state index contributed by atoms with van der Waals surface area (Å²) in [6, 6.07) is 0. The lowest BCUT2D eigenvalue weighted by Crippen LogP contribution is -2.37. The summed E-state index contributed by atoms with van der Waals surface area (Å²) in [6.07, 6.45) is 7.32. The summed E-state index contributed by atoms with van der Waals surface area (Å²) in [6.45, 7) is 2.94. The highest BCUT2D eigenvalue weighted by Gasteiger charge is 2.28. The van der Waals surface area contributed by atoms with Crippen molar-refractivity contribution < 1.29 is 9.90 Å². The predicted molar refractivity (Wildman–Crippen MR) is 67.5 cm³/mol. The van der Waals surface area contributed by atoms with Gasteiger partial charge < -0.3 is 10.4 Å². The maximum absolute atomic E-state index is 12.0. The van der Waals surface area contributed by atoms with E-state index in [0.29, 0.717) is 12.5 Å². The van der Waals surface area contributed by atoms with E-state index in [1.54, 1.807) is 0 Å². The van der Waals surface area contributed by atoms with E-state index in [1.165, 1.54) is 12.8 Å². The maximum Gasteiger partial charge on any atom is 0.223 e. The van der Waals surface area contributed by atoms with Crippen LogP contribution in [-0.4, -0.2) is 23.7 Å². The molecule has 2 atom stereocenters. The zero-order chi connectivity index (χ0) is 12.3. The van der Waals surface area contributed by atoms with Crippen molar-refractivity contribution in [3.63, 3.8) is 0 Å². The molecule has 0 spiro atoms. The van der Waals surface area contributed by atoms with Crippen molar-refractivity contribution in [1.29, 1.82) is 0 Å². The molecule has 2 rings (SSSR count). The van der Waals surface area contributed by atoms with E-state index in [2.05, 4.69) is 12.2 Å². The number of aliphatic hydroxyl groups is 1. The van der Waals surface area contributed by atoms with Crippen LogP contribution in [0.3, 0.4) is 0 Å². The van der Waals surface area contributed by atoms with Gasteiger partial charge in [-0.15, -0.1) is 0 Å². The van der Waals surface area contributed by atoms with Crippen LogP contribution in [0.1, 0.15) is 51.9 Å². The Morgan fingerprint density at radius 2 is 1.88 bits per heavy atom. The molecule has 2 aliphatic carbocycles. The molecule has 3 nitrogen and oxygen atoms in total. The summed E-state index contributed by atoms with van der Waals surface area (Å²) < 4.78 is 0. The Morgan fingerprint density at radius 1 is 1.18 bits per heavy atom. The molecule has 1 amide bonds. The van der Waals surface area contributed by atoms with E-state index < -0.39 is 0 Å². The van der Waals surface area contributed by atoms with Gasteiger partial charge in [0.05, 0.1) is 6.10 Å². The maximum atomic E-state index is 12.0. The van der Waals surface area contributed by atoms with Gasteiger partial charge in [0.25, 0.3) is 0 Å². The van der Waals surface area contributed by atoms with Gasteiger partial charge in [-0.3, -0.25) is 4.79 Å². The van der Waals surface area contributed by atoms with Gasteiger partial charge in [0.1, 0.15) is 0 Å². The Hall–Kier alpha value is -0.570. The molecule has 0 aromatic heterocycles. The van der Waals surface area contributed by atoms with Crippen molar-refractivity contribution in [2.75, 3.05) is 6.54 Å². The first kappa shape index (κ1) is 12.9.